The van der Waals surface area contributed by atoms with E-state index in [0.29, 0.717) is 12.5 Å². The molecule has 0 fully saturated rings. The summed E-state index contributed by atoms with van der Waals surface area (Å²) in [5.74, 6) is 1.38. The van der Waals surface area contributed by atoms with Gasteiger partial charge in [0, 0.05) is 17.8 Å². The van der Waals surface area contributed by atoms with Crippen LogP contribution in [0.3, 0.4) is 0 Å². The van der Waals surface area contributed by atoms with Crippen molar-refractivity contribution in [1.29, 1.82) is 0 Å². The third-order valence-electron chi connectivity index (χ3n) is 4.46. The molecule has 3 heterocycles. The molecule has 0 spiro atoms. The molecule has 0 atom stereocenters. The molecule has 5 rings (SSSR count). The van der Waals surface area contributed by atoms with Crippen LogP contribution in [0.5, 0.6) is 5.75 Å². The lowest BCUT2D eigenvalue weighted by Crippen LogP contribution is -2.01. The molecular weight excluding hydrogens is 372 g/mol. The molecule has 0 amide bonds. The molecule has 138 valence electrons. The molecule has 0 saturated carbocycles. The number of nitrogens with zero attached hydrogens (tertiary/aromatic N) is 5. The van der Waals surface area contributed by atoms with E-state index in [4.69, 9.17) is 9.72 Å². The smallest absolute Gasteiger partial charge is 0.228 e. The topological polar surface area (TPSA) is 77.8 Å². The van der Waals surface area contributed by atoms with Crippen LogP contribution in [-0.2, 0) is 6.54 Å². The standard InChI is InChI=1S/C20H16N6OS/c1-27-14-5-3-13(4-6-14)12-26-16-7-8-17-18(15(16)11-23-26)24-20(28-17)25-19-21-9-2-10-22-19/h2-11H,12H2,1H3,(H,21,22,24,25). The summed E-state index contributed by atoms with van der Waals surface area (Å²) in [7, 11) is 1.67. The van der Waals surface area contributed by atoms with Gasteiger partial charge in [0.1, 0.15) is 5.75 Å². The fourth-order valence-electron chi connectivity index (χ4n) is 3.09. The van der Waals surface area contributed by atoms with E-state index >= 15 is 0 Å². The Bertz CT molecular complexity index is 1250. The highest BCUT2D eigenvalue weighted by Gasteiger charge is 2.12. The van der Waals surface area contributed by atoms with Gasteiger partial charge in [0.2, 0.25) is 5.95 Å². The molecule has 0 aliphatic heterocycles. The van der Waals surface area contributed by atoms with Crippen LogP contribution in [0.4, 0.5) is 11.1 Å². The number of nitrogens with one attached hydrogen (secondary N) is 1. The molecule has 0 unspecified atom stereocenters. The Morgan fingerprint density at radius 3 is 2.68 bits per heavy atom. The van der Waals surface area contributed by atoms with Crippen molar-refractivity contribution in [1.82, 2.24) is 24.7 Å². The zero-order valence-electron chi connectivity index (χ0n) is 15.0. The largest absolute Gasteiger partial charge is 0.497 e. The number of hydrogen-bond acceptors (Lipinski definition) is 7. The fraction of sp³-hybridized carbons (Fsp3) is 0.100. The Balaban J connectivity index is 1.48. The molecule has 5 aromatic rings. The monoisotopic (exact) mass is 388 g/mol. The van der Waals surface area contributed by atoms with Crippen molar-refractivity contribution in [2.45, 2.75) is 6.54 Å². The Labute approximate surface area is 164 Å². The van der Waals surface area contributed by atoms with Crippen LogP contribution in [0.25, 0.3) is 21.1 Å². The number of aromatic nitrogens is 5. The summed E-state index contributed by atoms with van der Waals surface area (Å²) in [5, 5.41) is 9.54. The van der Waals surface area contributed by atoms with Crippen molar-refractivity contribution >= 4 is 43.5 Å². The summed E-state index contributed by atoms with van der Waals surface area (Å²) in [4.78, 5) is 13.1. The summed E-state index contributed by atoms with van der Waals surface area (Å²) in [6.45, 7) is 0.687. The number of rotatable bonds is 5. The Hall–Kier alpha value is -3.52. The first kappa shape index (κ1) is 16.6. The first-order valence-electron chi connectivity index (χ1n) is 8.72. The zero-order valence-corrected chi connectivity index (χ0v) is 15.8. The second-order valence-electron chi connectivity index (χ2n) is 6.21. The first-order chi connectivity index (χ1) is 13.8. The van der Waals surface area contributed by atoms with Gasteiger partial charge in [-0.15, -0.1) is 0 Å². The van der Waals surface area contributed by atoms with Gasteiger partial charge in [0.05, 0.1) is 35.6 Å². The van der Waals surface area contributed by atoms with Crippen LogP contribution in [0.1, 0.15) is 5.56 Å². The average Bonchev–Trinajstić information content (AvgIpc) is 3.33. The quantitative estimate of drug-likeness (QED) is 0.485. The molecule has 0 aliphatic carbocycles. The van der Waals surface area contributed by atoms with Crippen LogP contribution in [0.2, 0.25) is 0 Å². The second kappa shape index (κ2) is 6.90. The van der Waals surface area contributed by atoms with E-state index in [1.807, 2.05) is 23.0 Å². The van der Waals surface area contributed by atoms with Crippen LogP contribution >= 0.6 is 11.3 Å². The van der Waals surface area contributed by atoms with Crippen molar-refractivity contribution in [3.8, 4) is 5.75 Å². The van der Waals surface area contributed by atoms with Gasteiger partial charge in [-0.25, -0.2) is 15.0 Å². The number of anilines is 2. The van der Waals surface area contributed by atoms with Gasteiger partial charge in [-0.2, -0.15) is 5.10 Å². The minimum absolute atomic E-state index is 0.535. The molecular formula is C20H16N6OS. The Kier molecular flexibility index (Phi) is 4.10. The van der Waals surface area contributed by atoms with Crippen LogP contribution in [-0.4, -0.2) is 31.8 Å². The lowest BCUT2D eigenvalue weighted by Gasteiger charge is -2.05. The van der Waals surface area contributed by atoms with Crippen molar-refractivity contribution < 1.29 is 4.74 Å². The zero-order chi connectivity index (χ0) is 18.9. The van der Waals surface area contributed by atoms with Crippen molar-refractivity contribution in [2.24, 2.45) is 0 Å². The number of ether oxygens (including phenoxy) is 1. The number of hydrogen-bond donors (Lipinski definition) is 1. The van der Waals surface area contributed by atoms with E-state index in [9.17, 15) is 0 Å². The summed E-state index contributed by atoms with van der Waals surface area (Å²) in [5.41, 5.74) is 3.14. The number of methoxy groups -OCH3 is 1. The lowest BCUT2D eigenvalue weighted by molar-refractivity contribution is 0.414. The number of thiazole rings is 1. The average molecular weight is 388 g/mol. The summed E-state index contributed by atoms with van der Waals surface area (Å²) < 4.78 is 8.31. The highest BCUT2D eigenvalue weighted by molar-refractivity contribution is 7.22. The van der Waals surface area contributed by atoms with E-state index < -0.39 is 0 Å². The normalized spacial score (nSPS) is 11.2. The SMILES string of the molecule is COc1ccc(Cn2ncc3c4nc(Nc5ncccn5)sc4ccc32)cc1. The minimum atomic E-state index is 0.535. The molecule has 7 nitrogen and oxygen atoms in total. The highest BCUT2D eigenvalue weighted by atomic mass is 32.1. The molecule has 2 aromatic carbocycles. The molecule has 0 saturated heterocycles. The highest BCUT2D eigenvalue weighted by Crippen LogP contribution is 2.32. The number of benzene rings is 2. The maximum atomic E-state index is 5.22. The fourth-order valence-corrected chi connectivity index (χ4v) is 3.96. The molecule has 1 N–H and O–H groups in total. The van der Waals surface area contributed by atoms with E-state index in [-0.39, 0.29) is 0 Å². The molecule has 0 radical (unpaired) electrons. The molecule has 0 aliphatic rings. The van der Waals surface area contributed by atoms with Gasteiger partial charge < -0.3 is 10.1 Å². The van der Waals surface area contributed by atoms with Crippen molar-refractivity contribution in [3.05, 3.63) is 66.6 Å². The molecule has 8 heteroatoms. The molecule has 0 bridgehead atoms. The van der Waals surface area contributed by atoms with E-state index in [1.54, 1.807) is 36.9 Å². The van der Waals surface area contributed by atoms with Crippen LogP contribution in [0.15, 0.2) is 61.1 Å². The van der Waals surface area contributed by atoms with Crippen molar-refractivity contribution in [2.75, 3.05) is 12.4 Å². The predicted molar refractivity (Wildman–Crippen MR) is 110 cm³/mol. The van der Waals surface area contributed by atoms with Gasteiger partial charge in [0.15, 0.2) is 5.13 Å². The van der Waals surface area contributed by atoms with Crippen LogP contribution in [0, 0.1) is 0 Å². The molecule has 3 aromatic heterocycles. The maximum Gasteiger partial charge on any atom is 0.228 e. The first-order valence-corrected chi connectivity index (χ1v) is 9.54. The van der Waals surface area contributed by atoms with E-state index in [0.717, 1.165) is 37.6 Å². The third kappa shape index (κ3) is 3.03. The van der Waals surface area contributed by atoms with Crippen molar-refractivity contribution in [3.63, 3.8) is 0 Å². The number of fused-ring (bicyclic) bond motifs is 3. The lowest BCUT2D eigenvalue weighted by atomic mass is 10.2. The van der Waals surface area contributed by atoms with Gasteiger partial charge in [-0.05, 0) is 35.9 Å². The predicted octanol–water partition coefficient (Wildman–Crippen LogP) is 4.24. The Morgan fingerprint density at radius 2 is 1.89 bits per heavy atom. The summed E-state index contributed by atoms with van der Waals surface area (Å²) >= 11 is 1.57. The minimum Gasteiger partial charge on any atom is -0.497 e. The Morgan fingerprint density at radius 1 is 1.07 bits per heavy atom. The summed E-state index contributed by atoms with van der Waals surface area (Å²) in [6.07, 6.45) is 5.28. The van der Waals surface area contributed by atoms with Gasteiger partial charge >= 0.3 is 0 Å². The second-order valence-corrected chi connectivity index (χ2v) is 7.24. The molecule has 28 heavy (non-hydrogen) atoms. The van der Waals surface area contributed by atoms with Gasteiger partial charge in [-0.3, -0.25) is 4.68 Å². The van der Waals surface area contributed by atoms with E-state index in [1.165, 1.54) is 0 Å². The van der Waals surface area contributed by atoms with Gasteiger partial charge in [0.25, 0.3) is 0 Å². The maximum absolute atomic E-state index is 5.22. The van der Waals surface area contributed by atoms with Gasteiger partial charge in [-0.1, -0.05) is 23.5 Å². The van der Waals surface area contributed by atoms with Crippen LogP contribution < -0.4 is 10.1 Å². The van der Waals surface area contributed by atoms with E-state index in [2.05, 4.69) is 44.6 Å². The summed E-state index contributed by atoms with van der Waals surface area (Å²) in [6, 6.07) is 14.0. The third-order valence-corrected chi connectivity index (χ3v) is 5.39.